The van der Waals surface area contributed by atoms with Crippen LogP contribution in [0.4, 0.5) is 0 Å². The maximum atomic E-state index is 11.0. The molecule has 0 aliphatic carbocycles. The van der Waals surface area contributed by atoms with Crippen molar-refractivity contribution in [1.82, 2.24) is 4.98 Å². The standard InChI is InChI=1S/C13H17NO/c1-5-12-11(7-10(4)15)8-14-13(12)6-9(2)3/h5-6,8,14H,1,7H2,2-4H3. The van der Waals surface area contributed by atoms with Crippen molar-refractivity contribution in [2.75, 3.05) is 0 Å². The van der Waals surface area contributed by atoms with Crippen molar-refractivity contribution in [3.05, 3.63) is 35.2 Å². The normalized spacial score (nSPS) is 9.80. The van der Waals surface area contributed by atoms with Crippen LogP contribution in [-0.4, -0.2) is 10.8 Å². The minimum absolute atomic E-state index is 0.167. The highest BCUT2D eigenvalue weighted by atomic mass is 16.1. The number of carbonyl (C=O) groups is 1. The molecule has 15 heavy (non-hydrogen) atoms. The summed E-state index contributed by atoms with van der Waals surface area (Å²) < 4.78 is 0. The lowest BCUT2D eigenvalue weighted by Crippen LogP contribution is -1.96. The Balaban J connectivity index is 3.11. The summed E-state index contributed by atoms with van der Waals surface area (Å²) in [5.41, 5.74) is 4.30. The Hall–Kier alpha value is -1.57. The summed E-state index contributed by atoms with van der Waals surface area (Å²) in [5.74, 6) is 0.167. The highest BCUT2D eigenvalue weighted by Crippen LogP contribution is 2.19. The van der Waals surface area contributed by atoms with E-state index in [2.05, 4.69) is 17.6 Å². The number of aromatic nitrogens is 1. The average Bonchev–Trinajstić information content (AvgIpc) is 2.45. The van der Waals surface area contributed by atoms with Crippen molar-refractivity contribution in [2.24, 2.45) is 0 Å². The molecule has 0 saturated heterocycles. The van der Waals surface area contributed by atoms with Gasteiger partial charge < -0.3 is 4.98 Å². The van der Waals surface area contributed by atoms with Crippen LogP contribution < -0.4 is 0 Å². The number of carbonyl (C=O) groups excluding carboxylic acids is 1. The zero-order chi connectivity index (χ0) is 11.4. The predicted octanol–water partition coefficient (Wildman–Crippen LogP) is 3.21. The molecular weight excluding hydrogens is 186 g/mol. The Morgan fingerprint density at radius 1 is 1.47 bits per heavy atom. The van der Waals surface area contributed by atoms with Crippen LogP contribution >= 0.6 is 0 Å². The SMILES string of the molecule is C=Cc1c(CC(C)=O)c[nH]c1C=C(C)C. The van der Waals surface area contributed by atoms with Gasteiger partial charge in [-0.15, -0.1) is 0 Å². The van der Waals surface area contributed by atoms with Gasteiger partial charge in [0.1, 0.15) is 5.78 Å². The minimum atomic E-state index is 0.167. The predicted molar refractivity (Wildman–Crippen MR) is 64.6 cm³/mol. The molecule has 1 aromatic rings. The average molecular weight is 203 g/mol. The van der Waals surface area contributed by atoms with E-state index >= 15 is 0 Å². The molecule has 0 radical (unpaired) electrons. The van der Waals surface area contributed by atoms with Crippen LogP contribution in [0.15, 0.2) is 18.3 Å². The number of nitrogens with one attached hydrogen (secondary N) is 1. The Morgan fingerprint density at radius 3 is 2.60 bits per heavy atom. The molecule has 0 fully saturated rings. The van der Waals surface area contributed by atoms with Gasteiger partial charge >= 0.3 is 0 Å². The highest BCUT2D eigenvalue weighted by Gasteiger charge is 2.08. The summed E-state index contributed by atoms with van der Waals surface area (Å²) in [6, 6.07) is 0. The third-order valence-electron chi connectivity index (χ3n) is 2.11. The van der Waals surface area contributed by atoms with Crippen LogP contribution in [0.2, 0.25) is 0 Å². The van der Waals surface area contributed by atoms with E-state index in [1.807, 2.05) is 20.0 Å². The van der Waals surface area contributed by atoms with Crippen LogP contribution in [-0.2, 0) is 11.2 Å². The lowest BCUT2D eigenvalue weighted by atomic mass is 10.1. The molecule has 1 heterocycles. The van der Waals surface area contributed by atoms with Gasteiger partial charge in [-0.25, -0.2) is 0 Å². The first-order chi connectivity index (χ1) is 7.04. The molecule has 0 spiro atoms. The zero-order valence-electron chi connectivity index (χ0n) is 9.55. The molecule has 1 N–H and O–H groups in total. The Morgan fingerprint density at radius 2 is 2.13 bits per heavy atom. The molecule has 0 unspecified atom stereocenters. The van der Waals surface area contributed by atoms with E-state index in [4.69, 9.17) is 0 Å². The van der Waals surface area contributed by atoms with E-state index < -0.39 is 0 Å². The van der Waals surface area contributed by atoms with Crippen LogP contribution in [0, 0.1) is 0 Å². The van der Waals surface area contributed by atoms with Crippen LogP contribution in [0.1, 0.15) is 37.6 Å². The van der Waals surface area contributed by atoms with Gasteiger partial charge in [-0.3, -0.25) is 4.79 Å². The fraction of sp³-hybridized carbons (Fsp3) is 0.308. The van der Waals surface area contributed by atoms with Crippen molar-refractivity contribution in [3.63, 3.8) is 0 Å². The number of H-pyrrole nitrogens is 1. The number of rotatable bonds is 4. The number of ketones is 1. The molecule has 1 aromatic heterocycles. The van der Waals surface area contributed by atoms with Gasteiger partial charge in [0.2, 0.25) is 0 Å². The smallest absolute Gasteiger partial charge is 0.134 e. The largest absolute Gasteiger partial charge is 0.361 e. The van der Waals surface area contributed by atoms with Crippen molar-refractivity contribution < 1.29 is 4.79 Å². The molecule has 0 aliphatic rings. The van der Waals surface area contributed by atoms with Crippen molar-refractivity contribution in [3.8, 4) is 0 Å². The summed E-state index contributed by atoms with van der Waals surface area (Å²) in [6.45, 7) is 9.46. The van der Waals surface area contributed by atoms with Gasteiger partial charge in [-0.05, 0) is 32.4 Å². The van der Waals surface area contributed by atoms with Gasteiger partial charge in [-0.2, -0.15) is 0 Å². The van der Waals surface area contributed by atoms with E-state index in [1.54, 1.807) is 13.0 Å². The Labute approximate surface area is 90.7 Å². The third-order valence-corrected chi connectivity index (χ3v) is 2.11. The third kappa shape index (κ3) is 2.94. The quantitative estimate of drug-likeness (QED) is 0.800. The fourth-order valence-electron chi connectivity index (χ4n) is 1.56. The summed E-state index contributed by atoms with van der Waals surface area (Å²) in [7, 11) is 0. The van der Waals surface area contributed by atoms with Gasteiger partial charge in [0.25, 0.3) is 0 Å². The number of hydrogen-bond acceptors (Lipinski definition) is 1. The molecular formula is C13H17NO. The lowest BCUT2D eigenvalue weighted by Gasteiger charge is -1.98. The number of hydrogen-bond donors (Lipinski definition) is 1. The second kappa shape index (κ2) is 4.78. The maximum absolute atomic E-state index is 11.0. The molecule has 1 rings (SSSR count). The molecule has 0 atom stereocenters. The Bertz CT molecular complexity index is 406. The first-order valence-electron chi connectivity index (χ1n) is 5.01. The number of Topliss-reactive ketones (excluding diaryl/α,β-unsaturated/α-hetero) is 1. The molecule has 0 amide bonds. The van der Waals surface area contributed by atoms with Crippen molar-refractivity contribution >= 4 is 17.9 Å². The second-order valence-corrected chi connectivity index (χ2v) is 3.95. The summed E-state index contributed by atoms with van der Waals surface area (Å²) in [5, 5.41) is 0. The summed E-state index contributed by atoms with van der Waals surface area (Å²) >= 11 is 0. The molecule has 0 aliphatic heterocycles. The van der Waals surface area contributed by atoms with Crippen LogP contribution in [0.5, 0.6) is 0 Å². The topological polar surface area (TPSA) is 32.9 Å². The van der Waals surface area contributed by atoms with Crippen molar-refractivity contribution in [2.45, 2.75) is 27.2 Å². The molecule has 0 bridgehead atoms. The van der Waals surface area contributed by atoms with Gasteiger partial charge in [-0.1, -0.05) is 18.2 Å². The monoisotopic (exact) mass is 203 g/mol. The van der Waals surface area contributed by atoms with Gasteiger partial charge in [0.15, 0.2) is 0 Å². The fourth-order valence-corrected chi connectivity index (χ4v) is 1.56. The molecule has 0 saturated carbocycles. The van der Waals surface area contributed by atoms with Gasteiger partial charge in [0.05, 0.1) is 0 Å². The first-order valence-corrected chi connectivity index (χ1v) is 5.01. The van der Waals surface area contributed by atoms with E-state index in [0.29, 0.717) is 6.42 Å². The van der Waals surface area contributed by atoms with Crippen molar-refractivity contribution in [1.29, 1.82) is 0 Å². The number of aromatic amines is 1. The summed E-state index contributed by atoms with van der Waals surface area (Å²) in [4.78, 5) is 14.2. The molecule has 2 heteroatoms. The summed E-state index contributed by atoms with van der Waals surface area (Å²) in [6.07, 6.45) is 6.20. The van der Waals surface area contributed by atoms with E-state index in [0.717, 1.165) is 16.8 Å². The molecule has 0 aromatic carbocycles. The van der Waals surface area contributed by atoms with E-state index in [1.165, 1.54) is 5.57 Å². The Kier molecular flexibility index (Phi) is 3.67. The molecule has 2 nitrogen and oxygen atoms in total. The van der Waals surface area contributed by atoms with E-state index in [-0.39, 0.29) is 5.78 Å². The number of allylic oxidation sites excluding steroid dienone is 1. The zero-order valence-corrected chi connectivity index (χ0v) is 9.55. The second-order valence-electron chi connectivity index (χ2n) is 3.95. The van der Waals surface area contributed by atoms with Crippen LogP contribution in [0.25, 0.3) is 12.2 Å². The highest BCUT2D eigenvalue weighted by molar-refractivity contribution is 5.80. The van der Waals surface area contributed by atoms with Gasteiger partial charge in [0, 0.05) is 23.9 Å². The lowest BCUT2D eigenvalue weighted by molar-refractivity contribution is -0.116. The first kappa shape index (κ1) is 11.5. The van der Waals surface area contributed by atoms with E-state index in [9.17, 15) is 4.79 Å². The minimum Gasteiger partial charge on any atom is -0.361 e. The van der Waals surface area contributed by atoms with Crippen LogP contribution in [0.3, 0.4) is 0 Å². The maximum Gasteiger partial charge on any atom is 0.134 e. The molecule has 80 valence electrons.